The second-order valence-corrected chi connectivity index (χ2v) is 9.78. The first-order chi connectivity index (χ1) is 12.0. The Labute approximate surface area is 163 Å². The zero-order valence-electron chi connectivity index (χ0n) is 16.4. The highest BCUT2D eigenvalue weighted by Crippen LogP contribution is 2.52. The molecule has 2 rings (SSSR count). The van der Waals surface area contributed by atoms with Crippen molar-refractivity contribution < 1.29 is 14.4 Å². The Hall–Kier alpha value is -1.47. The van der Waals surface area contributed by atoms with E-state index in [1.807, 2.05) is 6.92 Å². The summed E-state index contributed by atoms with van der Waals surface area (Å²) >= 11 is 2.88. The molecule has 0 saturated carbocycles. The largest absolute Gasteiger partial charge is 0.333 e. The van der Waals surface area contributed by atoms with Crippen molar-refractivity contribution in [2.75, 3.05) is 13.1 Å². The van der Waals surface area contributed by atoms with Gasteiger partial charge in [-0.1, -0.05) is 49.9 Å². The van der Waals surface area contributed by atoms with Crippen LogP contribution in [0.5, 0.6) is 0 Å². The van der Waals surface area contributed by atoms with Crippen LogP contribution in [-0.4, -0.2) is 40.7 Å². The van der Waals surface area contributed by atoms with E-state index in [2.05, 4.69) is 33.8 Å². The van der Waals surface area contributed by atoms with Crippen LogP contribution in [0, 0.1) is 5.41 Å². The molecule has 5 nitrogen and oxygen atoms in total. The highest BCUT2D eigenvalue weighted by Gasteiger charge is 2.43. The Kier molecular flexibility index (Phi) is 6.13. The fourth-order valence-electron chi connectivity index (χ4n) is 2.44. The number of rotatable bonds is 3. The van der Waals surface area contributed by atoms with Gasteiger partial charge in [0, 0.05) is 22.9 Å². The number of allylic oxidation sites excluding steroid dienone is 3. The molecule has 1 saturated heterocycles. The molecule has 7 heteroatoms. The van der Waals surface area contributed by atoms with Crippen LogP contribution in [0.3, 0.4) is 0 Å². The number of hydrogen-bond acceptors (Lipinski definition) is 5. The molecule has 0 atom stereocenters. The van der Waals surface area contributed by atoms with Crippen LogP contribution in [0.4, 0.5) is 4.79 Å². The average Bonchev–Trinajstić information content (AvgIpc) is 2.87. The lowest BCUT2D eigenvalue weighted by Crippen LogP contribution is -2.56. The first-order valence-electron chi connectivity index (χ1n) is 8.70. The minimum atomic E-state index is -0.532. The summed E-state index contributed by atoms with van der Waals surface area (Å²) in [4.78, 5) is 42.2. The summed E-state index contributed by atoms with van der Waals surface area (Å²) in [5, 5.41) is 0. The highest BCUT2D eigenvalue weighted by atomic mass is 32.2. The number of nitrogens with zero attached hydrogens (tertiary/aromatic N) is 2. The van der Waals surface area contributed by atoms with Crippen molar-refractivity contribution in [2.45, 2.75) is 48.5 Å². The van der Waals surface area contributed by atoms with Crippen molar-refractivity contribution in [1.29, 1.82) is 0 Å². The van der Waals surface area contributed by atoms with E-state index in [4.69, 9.17) is 0 Å². The molecule has 2 aliphatic heterocycles. The van der Waals surface area contributed by atoms with Gasteiger partial charge in [-0.15, -0.1) is 0 Å². The number of hydrogen-bond donors (Lipinski definition) is 0. The number of imide groups is 2. The second kappa shape index (κ2) is 7.64. The second-order valence-electron chi connectivity index (χ2n) is 7.25. The van der Waals surface area contributed by atoms with E-state index in [0.29, 0.717) is 4.24 Å². The van der Waals surface area contributed by atoms with Gasteiger partial charge in [-0.05, 0) is 39.2 Å². The fraction of sp³-hybridized carbons (Fsp3) is 0.526. The smallest absolute Gasteiger partial charge is 0.268 e. The Bertz CT molecular complexity index is 729. The standard InChI is InChI=1S/C19H26N2O3S2/c1-8-20-15(22)14(16(23)21(9-2)18(20)24)17-25-12(4)13(26-17)10-11(3)19(5,6)7/h10H,8-9H2,1-7H3/b11-10+. The molecule has 4 amide bonds. The van der Waals surface area contributed by atoms with Crippen LogP contribution < -0.4 is 0 Å². The molecule has 142 valence electrons. The monoisotopic (exact) mass is 394 g/mol. The van der Waals surface area contributed by atoms with Crippen LogP contribution >= 0.6 is 23.5 Å². The third kappa shape index (κ3) is 3.78. The van der Waals surface area contributed by atoms with E-state index < -0.39 is 17.8 Å². The van der Waals surface area contributed by atoms with Gasteiger partial charge in [-0.25, -0.2) is 4.79 Å². The van der Waals surface area contributed by atoms with Gasteiger partial charge in [-0.2, -0.15) is 0 Å². The van der Waals surface area contributed by atoms with Gasteiger partial charge in [0.15, 0.2) is 0 Å². The van der Waals surface area contributed by atoms with E-state index >= 15 is 0 Å². The lowest BCUT2D eigenvalue weighted by molar-refractivity contribution is -0.135. The summed E-state index contributed by atoms with van der Waals surface area (Å²) in [5.41, 5.74) is 1.39. The van der Waals surface area contributed by atoms with Crippen molar-refractivity contribution in [2.24, 2.45) is 5.41 Å². The molecule has 1 fully saturated rings. The molecule has 26 heavy (non-hydrogen) atoms. The molecule has 0 N–H and O–H groups in total. The topological polar surface area (TPSA) is 57.7 Å². The number of amides is 4. The van der Waals surface area contributed by atoms with Crippen molar-refractivity contribution in [3.63, 3.8) is 0 Å². The lowest BCUT2D eigenvalue weighted by atomic mass is 9.87. The normalized spacial score (nSPS) is 20.1. The first-order valence-corrected chi connectivity index (χ1v) is 10.3. The van der Waals surface area contributed by atoms with E-state index in [9.17, 15) is 14.4 Å². The van der Waals surface area contributed by atoms with Gasteiger partial charge in [0.2, 0.25) is 0 Å². The van der Waals surface area contributed by atoms with Crippen molar-refractivity contribution in [3.05, 3.63) is 31.3 Å². The summed E-state index contributed by atoms with van der Waals surface area (Å²) in [5.74, 6) is -0.986. The Morgan fingerprint density at radius 3 is 1.92 bits per heavy atom. The van der Waals surface area contributed by atoms with Gasteiger partial charge >= 0.3 is 6.03 Å². The summed E-state index contributed by atoms with van der Waals surface area (Å²) in [6.07, 6.45) is 2.12. The van der Waals surface area contributed by atoms with Gasteiger partial charge < -0.3 is 0 Å². The van der Waals surface area contributed by atoms with Crippen molar-refractivity contribution in [1.82, 2.24) is 9.80 Å². The molecule has 0 aromatic heterocycles. The van der Waals surface area contributed by atoms with Crippen LogP contribution in [-0.2, 0) is 9.59 Å². The maximum absolute atomic E-state index is 12.8. The number of likely N-dealkylation sites (N-methyl/N-ethyl adjacent to an activating group) is 2. The zero-order chi connectivity index (χ0) is 19.8. The van der Waals surface area contributed by atoms with Crippen LogP contribution in [0.25, 0.3) is 0 Å². The molecular formula is C19H26N2O3S2. The summed E-state index contributed by atoms with van der Waals surface area (Å²) in [7, 11) is 0. The Morgan fingerprint density at radius 2 is 1.50 bits per heavy atom. The molecule has 0 aliphatic carbocycles. The minimum absolute atomic E-state index is 0.0509. The number of carbonyl (C=O) groups excluding carboxylic acids is 3. The molecule has 0 spiro atoms. The molecule has 0 aromatic rings. The third-order valence-corrected chi connectivity index (χ3v) is 7.12. The van der Waals surface area contributed by atoms with Crippen molar-refractivity contribution in [3.8, 4) is 0 Å². The van der Waals surface area contributed by atoms with Crippen LogP contribution in [0.1, 0.15) is 48.5 Å². The highest BCUT2D eigenvalue weighted by molar-refractivity contribution is 8.28. The summed E-state index contributed by atoms with van der Waals surface area (Å²) < 4.78 is 0.662. The molecule has 2 heterocycles. The van der Waals surface area contributed by atoms with Crippen LogP contribution in [0.15, 0.2) is 31.3 Å². The summed E-state index contributed by atoms with van der Waals surface area (Å²) in [6.45, 7) is 14.5. The maximum Gasteiger partial charge on any atom is 0.333 e. The predicted molar refractivity (Wildman–Crippen MR) is 108 cm³/mol. The van der Waals surface area contributed by atoms with Gasteiger partial charge in [0.1, 0.15) is 5.57 Å². The Morgan fingerprint density at radius 1 is 1.00 bits per heavy atom. The van der Waals surface area contributed by atoms with E-state index in [1.165, 1.54) is 29.1 Å². The first kappa shape index (κ1) is 20.8. The van der Waals surface area contributed by atoms with E-state index in [1.54, 1.807) is 13.8 Å². The van der Waals surface area contributed by atoms with E-state index in [-0.39, 0.29) is 24.1 Å². The van der Waals surface area contributed by atoms with Gasteiger partial charge in [0.25, 0.3) is 11.8 Å². The molecule has 0 aromatic carbocycles. The maximum atomic E-state index is 12.8. The Balaban J connectivity index is 2.43. The third-order valence-electron chi connectivity index (χ3n) is 4.54. The summed E-state index contributed by atoms with van der Waals surface area (Å²) in [6, 6.07) is -0.532. The average molecular weight is 395 g/mol. The predicted octanol–water partition coefficient (Wildman–Crippen LogP) is 4.73. The number of carbonyl (C=O) groups is 3. The quantitative estimate of drug-likeness (QED) is 0.511. The van der Waals surface area contributed by atoms with Gasteiger partial charge in [0.05, 0.1) is 4.24 Å². The molecular weight excluding hydrogens is 368 g/mol. The number of thioether (sulfide) groups is 2. The lowest BCUT2D eigenvalue weighted by Gasteiger charge is -2.33. The van der Waals surface area contributed by atoms with Crippen molar-refractivity contribution >= 4 is 41.4 Å². The van der Waals surface area contributed by atoms with E-state index in [0.717, 1.165) is 19.6 Å². The SMILES string of the molecule is CCN1C(=O)C(=C2SC(C)=C(/C=C(\C)C(C)(C)C)S2)C(=O)N(CC)C1=O. The minimum Gasteiger partial charge on any atom is -0.268 e. The molecule has 0 radical (unpaired) electrons. The molecule has 0 bridgehead atoms. The van der Waals surface area contributed by atoms with Gasteiger partial charge in [-0.3, -0.25) is 19.4 Å². The number of barbiturate groups is 1. The molecule has 2 aliphatic rings. The fourth-order valence-corrected chi connectivity index (χ4v) is 5.07. The zero-order valence-corrected chi connectivity index (χ0v) is 18.1. The molecule has 0 unspecified atom stereocenters. The number of urea groups is 1. The van der Waals surface area contributed by atoms with Crippen LogP contribution in [0.2, 0.25) is 0 Å².